The van der Waals surface area contributed by atoms with Crippen LogP contribution in [0.3, 0.4) is 0 Å². The van der Waals surface area contributed by atoms with E-state index in [-0.39, 0.29) is 10.7 Å². The second kappa shape index (κ2) is 7.94. The second-order valence-corrected chi connectivity index (χ2v) is 8.22. The molecule has 0 aromatic heterocycles. The second-order valence-electron chi connectivity index (χ2n) is 6.17. The normalized spacial score (nSPS) is 12.0. The Morgan fingerprint density at radius 2 is 1.52 bits per heavy atom. The summed E-state index contributed by atoms with van der Waals surface area (Å²) in [5.74, 6) is 0.238. The first kappa shape index (κ1) is 19.1. The fourth-order valence-corrected chi connectivity index (χ4v) is 3.58. The average Bonchev–Trinajstić information content (AvgIpc) is 2.64. The maximum absolute atomic E-state index is 12.8. The third kappa shape index (κ3) is 4.76. The number of sulfonamides is 1. The van der Waals surface area contributed by atoms with Gasteiger partial charge in [-0.15, -0.1) is 4.40 Å². The van der Waals surface area contributed by atoms with Gasteiger partial charge >= 0.3 is 0 Å². The number of hydrogen-bond acceptors (Lipinski definition) is 2. The Morgan fingerprint density at radius 1 is 0.889 bits per heavy atom. The highest BCUT2D eigenvalue weighted by atomic mass is 35.5. The first-order chi connectivity index (χ1) is 12.8. The van der Waals surface area contributed by atoms with Crippen LogP contribution in [0.1, 0.15) is 16.7 Å². The molecule has 0 radical (unpaired) electrons. The van der Waals surface area contributed by atoms with Gasteiger partial charge in [0.05, 0.1) is 4.90 Å². The minimum atomic E-state index is -3.88. The molecule has 3 aromatic carbocycles. The van der Waals surface area contributed by atoms with E-state index in [0.717, 1.165) is 16.8 Å². The van der Waals surface area contributed by atoms with Crippen molar-refractivity contribution in [3.05, 3.63) is 94.5 Å². The van der Waals surface area contributed by atoms with Gasteiger partial charge in [-0.05, 0) is 61.9 Å². The lowest BCUT2D eigenvalue weighted by atomic mass is 10.1. The van der Waals surface area contributed by atoms with Gasteiger partial charge in [0.1, 0.15) is 0 Å². The fraction of sp³-hybridized carbons (Fsp3) is 0.0952. The van der Waals surface area contributed by atoms with Gasteiger partial charge in [0, 0.05) is 16.3 Å². The molecule has 0 bridgehead atoms. The summed E-state index contributed by atoms with van der Waals surface area (Å²) in [5, 5.41) is 3.71. The third-order valence-electron chi connectivity index (χ3n) is 4.05. The van der Waals surface area contributed by atoms with Crippen LogP contribution in [-0.4, -0.2) is 14.3 Å². The molecule has 138 valence electrons. The molecule has 0 saturated carbocycles. The van der Waals surface area contributed by atoms with Gasteiger partial charge < -0.3 is 5.32 Å². The SMILES string of the molecule is Cc1ccc(S(=O)(=O)/N=C(\Nc2ccccc2C)c2ccc(Cl)cc2)cc1. The minimum Gasteiger partial charge on any atom is -0.339 e. The Kier molecular flexibility index (Phi) is 5.63. The van der Waals surface area contributed by atoms with E-state index in [4.69, 9.17) is 11.6 Å². The van der Waals surface area contributed by atoms with Gasteiger partial charge in [0.25, 0.3) is 10.0 Å². The van der Waals surface area contributed by atoms with Crippen LogP contribution in [0.2, 0.25) is 5.02 Å². The molecule has 0 unspecified atom stereocenters. The van der Waals surface area contributed by atoms with E-state index in [1.165, 1.54) is 0 Å². The van der Waals surface area contributed by atoms with Gasteiger partial charge in [0.15, 0.2) is 5.84 Å². The molecule has 4 nitrogen and oxygen atoms in total. The van der Waals surface area contributed by atoms with Crippen molar-refractivity contribution in [3.63, 3.8) is 0 Å². The van der Waals surface area contributed by atoms with E-state index in [2.05, 4.69) is 9.71 Å². The quantitative estimate of drug-likeness (QED) is 0.485. The molecule has 0 atom stereocenters. The lowest BCUT2D eigenvalue weighted by Gasteiger charge is -2.13. The molecular formula is C21H19ClN2O2S. The van der Waals surface area contributed by atoms with Crippen LogP contribution in [0.15, 0.2) is 82.1 Å². The Morgan fingerprint density at radius 3 is 2.15 bits per heavy atom. The number of halogens is 1. The van der Waals surface area contributed by atoms with Crippen LogP contribution in [-0.2, 0) is 10.0 Å². The molecule has 0 heterocycles. The molecular weight excluding hydrogens is 380 g/mol. The predicted molar refractivity (Wildman–Crippen MR) is 111 cm³/mol. The zero-order valence-corrected chi connectivity index (χ0v) is 16.6. The fourth-order valence-electron chi connectivity index (χ4n) is 2.48. The zero-order valence-electron chi connectivity index (χ0n) is 15.0. The first-order valence-electron chi connectivity index (χ1n) is 8.35. The highest BCUT2D eigenvalue weighted by molar-refractivity contribution is 7.90. The summed E-state index contributed by atoms with van der Waals surface area (Å²) in [5.41, 5.74) is 3.37. The molecule has 0 aliphatic heterocycles. The maximum atomic E-state index is 12.8. The van der Waals surface area contributed by atoms with Gasteiger partial charge in [-0.2, -0.15) is 8.42 Å². The van der Waals surface area contributed by atoms with E-state index in [1.807, 2.05) is 38.1 Å². The van der Waals surface area contributed by atoms with E-state index < -0.39 is 10.0 Å². The molecule has 27 heavy (non-hydrogen) atoms. The monoisotopic (exact) mass is 398 g/mol. The van der Waals surface area contributed by atoms with Crippen molar-refractivity contribution >= 4 is 33.1 Å². The van der Waals surface area contributed by atoms with Crippen LogP contribution in [0.25, 0.3) is 0 Å². The molecule has 3 aromatic rings. The average molecular weight is 399 g/mol. The Balaban J connectivity index is 2.08. The number of aryl methyl sites for hydroxylation is 2. The Labute approximate surface area is 164 Å². The molecule has 0 spiro atoms. The van der Waals surface area contributed by atoms with E-state index >= 15 is 0 Å². The van der Waals surface area contributed by atoms with Gasteiger partial charge in [0.2, 0.25) is 0 Å². The summed E-state index contributed by atoms with van der Waals surface area (Å²) < 4.78 is 29.7. The maximum Gasteiger partial charge on any atom is 0.284 e. The molecule has 6 heteroatoms. The number of para-hydroxylation sites is 1. The van der Waals surface area contributed by atoms with Crippen molar-refractivity contribution in [2.75, 3.05) is 5.32 Å². The molecule has 1 N–H and O–H groups in total. The summed E-state index contributed by atoms with van der Waals surface area (Å²) in [6.07, 6.45) is 0. The van der Waals surface area contributed by atoms with Gasteiger partial charge in [-0.3, -0.25) is 0 Å². The van der Waals surface area contributed by atoms with Crippen LogP contribution in [0.4, 0.5) is 5.69 Å². The minimum absolute atomic E-state index is 0.145. The highest BCUT2D eigenvalue weighted by Crippen LogP contribution is 2.19. The van der Waals surface area contributed by atoms with Gasteiger partial charge in [-0.25, -0.2) is 0 Å². The van der Waals surface area contributed by atoms with Crippen molar-refractivity contribution in [1.82, 2.24) is 0 Å². The summed E-state index contributed by atoms with van der Waals surface area (Å²) in [6.45, 7) is 3.84. The Bertz CT molecular complexity index is 1070. The lowest BCUT2D eigenvalue weighted by Crippen LogP contribution is -2.17. The molecule has 0 aliphatic carbocycles. The van der Waals surface area contributed by atoms with E-state index in [1.54, 1.807) is 48.5 Å². The van der Waals surface area contributed by atoms with Crippen LogP contribution in [0, 0.1) is 13.8 Å². The molecule has 3 rings (SSSR count). The van der Waals surface area contributed by atoms with Crippen molar-refractivity contribution in [2.45, 2.75) is 18.7 Å². The standard InChI is InChI=1S/C21H19ClN2O2S/c1-15-7-13-19(14-8-15)27(25,26)24-21(17-9-11-18(22)12-10-17)23-20-6-4-3-5-16(20)2/h3-14H,1-2H3,(H,23,24). The van der Waals surface area contributed by atoms with E-state index in [0.29, 0.717) is 10.6 Å². The van der Waals surface area contributed by atoms with Crippen molar-refractivity contribution < 1.29 is 8.42 Å². The summed E-state index contributed by atoms with van der Waals surface area (Å²) in [4.78, 5) is 0.145. The summed E-state index contributed by atoms with van der Waals surface area (Å²) in [7, 11) is -3.88. The molecule has 0 fully saturated rings. The lowest BCUT2D eigenvalue weighted by molar-refractivity contribution is 0.598. The highest BCUT2D eigenvalue weighted by Gasteiger charge is 2.16. The number of nitrogens with zero attached hydrogens (tertiary/aromatic N) is 1. The van der Waals surface area contributed by atoms with Crippen LogP contribution < -0.4 is 5.32 Å². The number of nitrogens with one attached hydrogen (secondary N) is 1. The number of rotatable bonds is 4. The largest absolute Gasteiger partial charge is 0.339 e. The van der Waals surface area contributed by atoms with Gasteiger partial charge in [-0.1, -0.05) is 47.5 Å². The number of anilines is 1. The number of amidine groups is 1. The third-order valence-corrected chi connectivity index (χ3v) is 5.59. The molecule has 0 saturated heterocycles. The van der Waals surface area contributed by atoms with E-state index in [9.17, 15) is 8.42 Å². The van der Waals surface area contributed by atoms with Crippen molar-refractivity contribution in [2.24, 2.45) is 4.40 Å². The van der Waals surface area contributed by atoms with Crippen molar-refractivity contribution in [3.8, 4) is 0 Å². The number of hydrogen-bond donors (Lipinski definition) is 1. The topological polar surface area (TPSA) is 58.5 Å². The first-order valence-corrected chi connectivity index (χ1v) is 10.2. The smallest absolute Gasteiger partial charge is 0.284 e. The Hall–Kier alpha value is -2.63. The number of benzene rings is 3. The van der Waals surface area contributed by atoms with Crippen LogP contribution in [0.5, 0.6) is 0 Å². The zero-order chi connectivity index (χ0) is 19.4. The summed E-state index contributed by atoms with van der Waals surface area (Å²) in [6, 6.07) is 21.1. The summed E-state index contributed by atoms with van der Waals surface area (Å²) >= 11 is 5.97. The van der Waals surface area contributed by atoms with Crippen molar-refractivity contribution in [1.29, 1.82) is 0 Å². The van der Waals surface area contributed by atoms with Crippen LogP contribution >= 0.6 is 11.6 Å². The molecule has 0 amide bonds. The molecule has 0 aliphatic rings. The predicted octanol–water partition coefficient (Wildman–Crippen LogP) is 5.20.